The maximum absolute atomic E-state index is 6.56. The van der Waals surface area contributed by atoms with Gasteiger partial charge in [-0.15, -0.1) is 0 Å². The van der Waals surface area contributed by atoms with E-state index in [9.17, 15) is 0 Å². The number of aromatic nitrogens is 1. The Bertz CT molecular complexity index is 4190. The molecule has 0 saturated carbocycles. The Morgan fingerprint density at radius 2 is 0.886 bits per heavy atom. The van der Waals surface area contributed by atoms with Gasteiger partial charge in [0, 0.05) is 44.0 Å². The van der Waals surface area contributed by atoms with Crippen LogP contribution in [0.1, 0.15) is 22.3 Å². The van der Waals surface area contributed by atoms with E-state index in [2.05, 4.69) is 258 Å². The third kappa shape index (κ3) is 5.40. The number of fused-ring (bicyclic) bond motifs is 15. The van der Waals surface area contributed by atoms with Gasteiger partial charge in [-0.3, -0.25) is 0 Å². The van der Waals surface area contributed by atoms with E-state index in [0.29, 0.717) is 0 Å². The zero-order chi connectivity index (χ0) is 45.9. The minimum Gasteiger partial charge on any atom is -0.455 e. The van der Waals surface area contributed by atoms with E-state index < -0.39 is 5.41 Å². The van der Waals surface area contributed by atoms with Crippen LogP contribution in [0.4, 0.5) is 17.1 Å². The molecule has 11 aromatic carbocycles. The summed E-state index contributed by atoms with van der Waals surface area (Å²) in [7, 11) is 0. The second-order valence-electron chi connectivity index (χ2n) is 18.7. The summed E-state index contributed by atoms with van der Waals surface area (Å²) in [6.07, 6.45) is 0. The monoisotopic (exact) mass is 890 g/mol. The lowest BCUT2D eigenvalue weighted by Gasteiger charge is -2.40. The van der Waals surface area contributed by atoms with Crippen molar-refractivity contribution < 1.29 is 4.42 Å². The first-order chi connectivity index (χ1) is 34.7. The lowest BCUT2D eigenvalue weighted by Crippen LogP contribution is -2.33. The fourth-order valence-corrected chi connectivity index (χ4v) is 12.3. The molecular weight excluding hydrogens is 849 g/mol. The van der Waals surface area contributed by atoms with Gasteiger partial charge in [0.05, 0.1) is 27.8 Å². The van der Waals surface area contributed by atoms with Crippen LogP contribution in [0.3, 0.4) is 0 Å². The molecule has 0 unspecified atom stereocenters. The highest BCUT2D eigenvalue weighted by Gasteiger charge is 2.51. The molecule has 1 aliphatic heterocycles. The van der Waals surface area contributed by atoms with Crippen molar-refractivity contribution in [3.05, 3.63) is 277 Å². The van der Waals surface area contributed by atoms with Crippen molar-refractivity contribution in [1.29, 1.82) is 0 Å². The number of nitrogens with zero attached hydrogens (tertiary/aromatic N) is 2. The second kappa shape index (κ2) is 14.9. The maximum atomic E-state index is 6.56. The molecule has 2 aliphatic rings. The van der Waals surface area contributed by atoms with Gasteiger partial charge >= 0.3 is 0 Å². The molecule has 70 heavy (non-hydrogen) atoms. The highest BCUT2D eigenvalue weighted by atomic mass is 16.3. The van der Waals surface area contributed by atoms with Crippen LogP contribution < -0.4 is 4.90 Å². The predicted octanol–water partition coefficient (Wildman–Crippen LogP) is 17.8. The molecule has 1 spiro atoms. The minimum atomic E-state index is -0.587. The summed E-state index contributed by atoms with van der Waals surface area (Å²) in [5.41, 5.74) is 22.7. The van der Waals surface area contributed by atoms with Gasteiger partial charge in [0.1, 0.15) is 11.2 Å². The van der Waals surface area contributed by atoms with Gasteiger partial charge in [-0.2, -0.15) is 0 Å². The van der Waals surface area contributed by atoms with Crippen LogP contribution in [-0.2, 0) is 5.41 Å². The van der Waals surface area contributed by atoms with E-state index in [1.54, 1.807) is 0 Å². The number of hydrogen-bond acceptors (Lipinski definition) is 2. The fraction of sp³-hybridized carbons (Fsp3) is 0.0149. The molecule has 0 bridgehead atoms. The topological polar surface area (TPSA) is 21.3 Å². The first-order valence-corrected chi connectivity index (χ1v) is 24.2. The second-order valence-corrected chi connectivity index (χ2v) is 18.7. The molecule has 0 saturated heterocycles. The average Bonchev–Trinajstić information content (AvgIpc) is 4.09. The van der Waals surface area contributed by atoms with Gasteiger partial charge in [-0.1, -0.05) is 206 Å². The molecule has 0 amide bonds. The van der Waals surface area contributed by atoms with E-state index in [4.69, 9.17) is 4.42 Å². The van der Waals surface area contributed by atoms with Gasteiger partial charge in [-0.25, -0.2) is 0 Å². The van der Waals surface area contributed by atoms with Crippen LogP contribution in [0.15, 0.2) is 259 Å². The summed E-state index contributed by atoms with van der Waals surface area (Å²) >= 11 is 0. The minimum absolute atomic E-state index is 0.587. The van der Waals surface area contributed by atoms with Gasteiger partial charge in [0.15, 0.2) is 0 Å². The molecule has 0 atom stereocenters. The Morgan fingerprint density at radius 3 is 1.69 bits per heavy atom. The van der Waals surface area contributed by atoms with Gasteiger partial charge in [-0.05, 0) is 104 Å². The Balaban J connectivity index is 0.985. The number of hydrogen-bond donors (Lipinski definition) is 0. The van der Waals surface area contributed by atoms with Gasteiger partial charge in [0.2, 0.25) is 0 Å². The molecule has 0 N–H and O–H groups in total. The molecule has 2 aromatic heterocycles. The summed E-state index contributed by atoms with van der Waals surface area (Å²) in [6.45, 7) is 0. The molecule has 1 aliphatic carbocycles. The van der Waals surface area contributed by atoms with Crippen LogP contribution in [0.5, 0.6) is 0 Å². The number of benzene rings is 11. The van der Waals surface area contributed by atoms with Crippen LogP contribution in [-0.4, -0.2) is 4.57 Å². The van der Waals surface area contributed by atoms with Crippen LogP contribution in [0.2, 0.25) is 0 Å². The molecule has 3 heteroatoms. The lowest BCUT2D eigenvalue weighted by atomic mass is 9.65. The van der Waals surface area contributed by atoms with Gasteiger partial charge < -0.3 is 13.9 Å². The Morgan fingerprint density at radius 1 is 0.343 bits per heavy atom. The van der Waals surface area contributed by atoms with E-state index in [-0.39, 0.29) is 0 Å². The van der Waals surface area contributed by atoms with Crippen molar-refractivity contribution in [2.45, 2.75) is 5.41 Å². The molecule has 3 nitrogen and oxygen atoms in total. The summed E-state index contributed by atoms with van der Waals surface area (Å²) in [4.78, 5) is 2.47. The highest BCUT2D eigenvalue weighted by molar-refractivity contribution is 6.13. The third-order valence-corrected chi connectivity index (χ3v) is 15.2. The molecule has 0 radical (unpaired) electrons. The average molecular weight is 891 g/mol. The smallest absolute Gasteiger partial charge is 0.143 e. The van der Waals surface area contributed by atoms with Crippen LogP contribution in [0, 0.1) is 0 Å². The fourth-order valence-electron chi connectivity index (χ4n) is 12.3. The number of furan rings is 1. The standard InChI is InChI=1S/C67H42N2O/c1-2-16-43(17-3-1)44-32-34-45(35-33-44)49-18-6-11-29-61(49)68(47-38-36-46(37-39-47)50-23-14-25-56-54-22-8-13-31-64(54)70-66(50)56)48-40-41-63-60(42-48)67(57-26-9-4-19-51(57)52-20-5-10-27-58(52)67)59-28-15-24-55-53-21-7-12-30-62(53)69(63)65(55)59/h1-42H. The normalized spacial score (nSPS) is 13.0. The van der Waals surface area contributed by atoms with E-state index in [1.165, 1.54) is 72.0 Å². The number of rotatable bonds is 6. The zero-order valence-electron chi connectivity index (χ0n) is 38.1. The van der Waals surface area contributed by atoms with Gasteiger partial charge in [0.25, 0.3) is 0 Å². The summed E-state index contributed by atoms with van der Waals surface area (Å²) in [6, 6.07) is 93.7. The van der Waals surface area contributed by atoms with Crippen LogP contribution in [0.25, 0.3) is 93.9 Å². The quantitative estimate of drug-likeness (QED) is 0.166. The summed E-state index contributed by atoms with van der Waals surface area (Å²) < 4.78 is 9.09. The predicted molar refractivity (Wildman–Crippen MR) is 290 cm³/mol. The van der Waals surface area contributed by atoms with E-state index in [1.807, 2.05) is 6.07 Å². The molecule has 13 aromatic rings. The summed E-state index contributed by atoms with van der Waals surface area (Å²) in [5.74, 6) is 0. The van der Waals surface area contributed by atoms with E-state index >= 15 is 0 Å². The Kier molecular flexibility index (Phi) is 8.28. The van der Waals surface area contributed by atoms with E-state index in [0.717, 1.165) is 61.3 Å². The van der Waals surface area contributed by atoms with Crippen molar-refractivity contribution in [3.8, 4) is 50.2 Å². The number of para-hydroxylation sites is 5. The zero-order valence-corrected chi connectivity index (χ0v) is 38.1. The molecule has 3 heterocycles. The first-order valence-electron chi connectivity index (χ1n) is 24.2. The third-order valence-electron chi connectivity index (χ3n) is 15.2. The Labute approximate surface area is 405 Å². The Hall–Kier alpha value is -9.18. The highest BCUT2D eigenvalue weighted by Crippen LogP contribution is 2.61. The van der Waals surface area contributed by atoms with Crippen LogP contribution >= 0.6 is 0 Å². The van der Waals surface area contributed by atoms with Crippen molar-refractivity contribution >= 4 is 60.8 Å². The molecule has 326 valence electrons. The maximum Gasteiger partial charge on any atom is 0.143 e. The largest absolute Gasteiger partial charge is 0.455 e. The van der Waals surface area contributed by atoms with Crippen molar-refractivity contribution in [1.82, 2.24) is 4.57 Å². The van der Waals surface area contributed by atoms with Crippen molar-refractivity contribution in [2.24, 2.45) is 0 Å². The van der Waals surface area contributed by atoms with Crippen molar-refractivity contribution in [3.63, 3.8) is 0 Å². The van der Waals surface area contributed by atoms with Crippen molar-refractivity contribution in [2.75, 3.05) is 4.90 Å². The number of anilines is 3. The molecule has 15 rings (SSSR count). The lowest BCUT2D eigenvalue weighted by molar-refractivity contribution is 0.670. The SMILES string of the molecule is c1ccc(-c2ccc(-c3ccccc3N(c3ccc(-c4cccc5c4oc4ccccc45)cc3)c3ccc4c(c3)C3(c5ccccc5-c5ccccc53)c3cccc5c6ccccc6n-4c35)cc2)cc1. The first kappa shape index (κ1) is 38.9. The summed E-state index contributed by atoms with van der Waals surface area (Å²) in [5, 5.41) is 4.79. The molecule has 0 fully saturated rings. The molecular formula is C67H42N2O.